The maximum atomic E-state index is 12.4. The second kappa shape index (κ2) is 3.68. The molecule has 0 unspecified atom stereocenters. The van der Waals surface area contributed by atoms with Crippen molar-refractivity contribution in [3.05, 3.63) is 58.1 Å². The predicted octanol–water partition coefficient (Wildman–Crippen LogP) is 4.33. The Morgan fingerprint density at radius 2 is 1.60 bits per heavy atom. The van der Waals surface area contributed by atoms with Crippen molar-refractivity contribution in [1.82, 2.24) is 0 Å². The molecule has 0 bridgehead atoms. The normalized spacial score (nSPS) is 13.7. The molecule has 2 nitrogen and oxygen atoms in total. The molecular weight excluding hydrogens is 272 g/mol. The first-order valence-corrected chi connectivity index (χ1v) is 6.71. The van der Waals surface area contributed by atoms with Gasteiger partial charge in [0.1, 0.15) is 0 Å². The van der Waals surface area contributed by atoms with Crippen LogP contribution in [0.2, 0.25) is 5.02 Å². The molecule has 4 rings (SSSR count). The van der Waals surface area contributed by atoms with Gasteiger partial charge in [-0.3, -0.25) is 9.59 Å². The van der Waals surface area contributed by atoms with E-state index in [1.807, 2.05) is 37.3 Å². The number of ketones is 2. The smallest absolute Gasteiger partial charge is 0.234 e. The third-order valence-corrected chi connectivity index (χ3v) is 4.27. The average molecular weight is 281 g/mol. The molecule has 3 heteroatoms. The van der Waals surface area contributed by atoms with Gasteiger partial charge in [0.2, 0.25) is 11.6 Å². The number of rotatable bonds is 0. The van der Waals surface area contributed by atoms with Crippen LogP contribution in [0.3, 0.4) is 0 Å². The summed E-state index contributed by atoms with van der Waals surface area (Å²) in [6.07, 6.45) is 0. The van der Waals surface area contributed by atoms with E-state index in [9.17, 15) is 9.59 Å². The first-order valence-electron chi connectivity index (χ1n) is 6.33. The molecule has 20 heavy (non-hydrogen) atoms. The van der Waals surface area contributed by atoms with Crippen LogP contribution >= 0.6 is 11.6 Å². The van der Waals surface area contributed by atoms with Crippen molar-refractivity contribution in [1.29, 1.82) is 0 Å². The summed E-state index contributed by atoms with van der Waals surface area (Å²) in [6.45, 7) is 1.82. The minimum absolute atomic E-state index is 0.421. The zero-order chi connectivity index (χ0) is 14.0. The molecule has 0 saturated heterocycles. The van der Waals surface area contributed by atoms with Crippen LogP contribution in [-0.4, -0.2) is 11.6 Å². The Kier molecular flexibility index (Phi) is 2.14. The Balaban J connectivity index is 2.40. The van der Waals surface area contributed by atoms with Gasteiger partial charge in [-0.1, -0.05) is 35.9 Å². The van der Waals surface area contributed by atoms with E-state index >= 15 is 0 Å². The van der Waals surface area contributed by atoms with Crippen LogP contribution < -0.4 is 0 Å². The monoisotopic (exact) mass is 280 g/mol. The van der Waals surface area contributed by atoms with Crippen LogP contribution in [0.5, 0.6) is 0 Å². The second-order valence-corrected chi connectivity index (χ2v) is 5.51. The van der Waals surface area contributed by atoms with Crippen molar-refractivity contribution in [2.45, 2.75) is 6.92 Å². The Bertz CT molecular complexity index is 954. The molecular formula is C17H9ClO2. The summed E-state index contributed by atoms with van der Waals surface area (Å²) >= 11 is 6.31. The predicted molar refractivity (Wildman–Crippen MR) is 79.9 cm³/mol. The number of carbonyl (C=O) groups is 2. The summed E-state index contributed by atoms with van der Waals surface area (Å²) in [5.41, 5.74) is 1.77. The van der Waals surface area contributed by atoms with Crippen LogP contribution in [0.25, 0.3) is 21.5 Å². The van der Waals surface area contributed by atoms with Crippen molar-refractivity contribution < 1.29 is 9.59 Å². The van der Waals surface area contributed by atoms with Crippen molar-refractivity contribution in [2.75, 3.05) is 0 Å². The fraction of sp³-hybridized carbons (Fsp3) is 0.0588. The van der Waals surface area contributed by atoms with Crippen molar-refractivity contribution in [2.24, 2.45) is 0 Å². The molecule has 0 spiro atoms. The van der Waals surface area contributed by atoms with Gasteiger partial charge in [-0.05, 0) is 35.4 Å². The van der Waals surface area contributed by atoms with Crippen molar-refractivity contribution >= 4 is 44.7 Å². The fourth-order valence-corrected chi connectivity index (χ4v) is 3.40. The van der Waals surface area contributed by atoms with E-state index < -0.39 is 11.6 Å². The Morgan fingerprint density at radius 3 is 2.40 bits per heavy atom. The molecule has 1 aliphatic rings. The topological polar surface area (TPSA) is 34.1 Å². The molecule has 0 aromatic heterocycles. The van der Waals surface area contributed by atoms with E-state index in [0.717, 1.165) is 21.7 Å². The number of Topliss-reactive ketones (excluding diaryl/α,β-unsaturated/α-hetero) is 2. The van der Waals surface area contributed by atoms with E-state index in [-0.39, 0.29) is 0 Å². The molecule has 1 aliphatic carbocycles. The third kappa shape index (κ3) is 1.24. The zero-order valence-electron chi connectivity index (χ0n) is 10.7. The van der Waals surface area contributed by atoms with Crippen molar-refractivity contribution in [3.8, 4) is 0 Å². The maximum absolute atomic E-state index is 12.4. The number of fused-ring (bicyclic) bond motifs is 2. The second-order valence-electron chi connectivity index (χ2n) is 5.10. The Labute approximate surface area is 120 Å². The molecule has 0 amide bonds. The largest absolute Gasteiger partial charge is 0.285 e. The lowest BCUT2D eigenvalue weighted by Crippen LogP contribution is -2.07. The van der Waals surface area contributed by atoms with Crippen molar-refractivity contribution in [3.63, 3.8) is 0 Å². The number of carbonyl (C=O) groups excluding carboxylic acids is 2. The molecule has 3 aromatic carbocycles. The van der Waals surface area contributed by atoms with E-state index in [1.165, 1.54) is 0 Å². The highest BCUT2D eigenvalue weighted by molar-refractivity contribution is 6.60. The zero-order valence-corrected chi connectivity index (χ0v) is 11.4. The van der Waals surface area contributed by atoms with Crippen LogP contribution in [-0.2, 0) is 0 Å². The third-order valence-electron chi connectivity index (χ3n) is 3.95. The summed E-state index contributed by atoms with van der Waals surface area (Å²) < 4.78 is 0. The SMILES string of the molecule is Cc1cc(Cl)c2cc3ccccc3c3c2c1C(=O)C3=O. The number of hydrogen-bond acceptors (Lipinski definition) is 2. The fourth-order valence-electron chi connectivity index (χ4n) is 3.09. The molecule has 3 aromatic rings. The molecule has 0 atom stereocenters. The summed E-state index contributed by atoms with van der Waals surface area (Å²) in [7, 11) is 0. The highest BCUT2D eigenvalue weighted by Crippen LogP contribution is 2.41. The number of halogens is 1. The van der Waals surface area contributed by atoms with E-state index in [4.69, 9.17) is 11.6 Å². The van der Waals surface area contributed by atoms with Gasteiger partial charge in [-0.2, -0.15) is 0 Å². The lowest BCUT2D eigenvalue weighted by Gasteiger charge is -2.08. The molecule has 0 fully saturated rings. The molecule has 96 valence electrons. The first-order chi connectivity index (χ1) is 9.59. The molecule has 0 N–H and O–H groups in total. The van der Waals surface area contributed by atoms with Gasteiger partial charge in [-0.25, -0.2) is 0 Å². The van der Waals surface area contributed by atoms with E-state index in [0.29, 0.717) is 21.5 Å². The van der Waals surface area contributed by atoms with Gasteiger partial charge < -0.3 is 0 Å². The van der Waals surface area contributed by atoms with Gasteiger partial charge in [0.25, 0.3) is 0 Å². The van der Waals surface area contributed by atoms with Gasteiger partial charge >= 0.3 is 0 Å². The summed E-state index contributed by atoms with van der Waals surface area (Å²) in [5, 5.41) is 3.81. The summed E-state index contributed by atoms with van der Waals surface area (Å²) in [5.74, 6) is -0.845. The molecule has 0 aliphatic heterocycles. The van der Waals surface area contributed by atoms with Crippen LogP contribution in [0, 0.1) is 6.92 Å². The highest BCUT2D eigenvalue weighted by atomic mass is 35.5. The maximum Gasteiger partial charge on any atom is 0.234 e. The quantitative estimate of drug-likeness (QED) is 0.453. The van der Waals surface area contributed by atoms with Gasteiger partial charge in [-0.15, -0.1) is 0 Å². The lowest BCUT2D eigenvalue weighted by atomic mass is 9.96. The molecule has 0 saturated carbocycles. The summed E-state index contributed by atoms with van der Waals surface area (Å²) in [4.78, 5) is 24.6. The standard InChI is InChI=1S/C17H9ClO2/c1-8-6-12(18)11-7-9-4-2-3-5-10(9)15-14(11)13(8)16(19)17(15)20/h2-7H,1H3. The number of hydrogen-bond donors (Lipinski definition) is 0. The minimum atomic E-state index is -0.424. The van der Waals surface area contributed by atoms with Gasteiger partial charge in [0.05, 0.1) is 0 Å². The van der Waals surface area contributed by atoms with Crippen LogP contribution in [0.4, 0.5) is 0 Å². The molecule has 0 radical (unpaired) electrons. The molecule has 0 heterocycles. The Morgan fingerprint density at radius 1 is 0.900 bits per heavy atom. The van der Waals surface area contributed by atoms with E-state index in [1.54, 1.807) is 6.07 Å². The van der Waals surface area contributed by atoms with Gasteiger partial charge in [0, 0.05) is 26.9 Å². The van der Waals surface area contributed by atoms with Gasteiger partial charge in [0.15, 0.2) is 0 Å². The highest BCUT2D eigenvalue weighted by Gasteiger charge is 2.34. The minimum Gasteiger partial charge on any atom is -0.285 e. The van der Waals surface area contributed by atoms with E-state index in [2.05, 4.69) is 0 Å². The average Bonchev–Trinajstić information content (AvgIpc) is 2.70. The number of benzene rings is 3. The summed E-state index contributed by atoms with van der Waals surface area (Å²) in [6, 6.07) is 11.3. The number of aryl methyl sites for hydroxylation is 1. The van der Waals surface area contributed by atoms with Crippen LogP contribution in [0.1, 0.15) is 26.3 Å². The Hall–Kier alpha value is -2.19. The van der Waals surface area contributed by atoms with Crippen LogP contribution in [0.15, 0.2) is 36.4 Å². The lowest BCUT2D eigenvalue weighted by molar-refractivity contribution is 0.0826. The first kappa shape index (κ1) is 11.6.